The summed E-state index contributed by atoms with van der Waals surface area (Å²) in [5.74, 6) is 4.19. The first-order valence-corrected chi connectivity index (χ1v) is 13.4. The number of hydrogen-bond donors (Lipinski definition) is 0. The summed E-state index contributed by atoms with van der Waals surface area (Å²) in [7, 11) is -1.38. The predicted molar refractivity (Wildman–Crippen MR) is 137 cm³/mol. The summed E-state index contributed by atoms with van der Waals surface area (Å²) in [6.45, 7) is 2.31. The van der Waals surface area contributed by atoms with Crippen LogP contribution in [0.3, 0.4) is 0 Å². The molecule has 7 rings (SSSR count). The highest BCUT2D eigenvalue weighted by Crippen LogP contribution is 2.64. The van der Waals surface area contributed by atoms with Gasteiger partial charge in [0.25, 0.3) is 0 Å². The van der Waals surface area contributed by atoms with E-state index in [1.165, 1.54) is 16.7 Å². The zero-order valence-corrected chi connectivity index (χ0v) is 20.1. The molecule has 3 aromatic rings. The molecule has 2 bridgehead atoms. The van der Waals surface area contributed by atoms with Gasteiger partial charge in [-0.2, -0.15) is 0 Å². The largest absolute Gasteiger partial charge is 0.427 e. The molecule has 170 valence electrons. The second kappa shape index (κ2) is 8.12. The van der Waals surface area contributed by atoms with Crippen LogP contribution in [-0.4, -0.2) is 10.7 Å². The fourth-order valence-corrected chi connectivity index (χ4v) is 7.99. The van der Waals surface area contributed by atoms with E-state index >= 15 is 0 Å². The minimum atomic E-state index is -1.38. The van der Waals surface area contributed by atoms with Gasteiger partial charge in [0.05, 0.1) is 0 Å². The van der Waals surface area contributed by atoms with E-state index in [1.54, 1.807) is 0 Å². The van der Waals surface area contributed by atoms with Crippen molar-refractivity contribution in [2.75, 3.05) is 0 Å². The van der Waals surface area contributed by atoms with E-state index in [-0.39, 0.29) is 6.04 Å². The third-order valence-corrected chi connectivity index (χ3v) is 9.64. The highest BCUT2D eigenvalue weighted by atomic mass is 31.2. The van der Waals surface area contributed by atoms with Crippen LogP contribution in [0, 0.1) is 23.7 Å². The minimum absolute atomic E-state index is 0.165. The van der Waals surface area contributed by atoms with Crippen LogP contribution in [-0.2, 0) is 6.42 Å². The van der Waals surface area contributed by atoms with Crippen molar-refractivity contribution in [3.8, 4) is 11.5 Å². The smallest absolute Gasteiger partial charge is 0.385 e. The summed E-state index contributed by atoms with van der Waals surface area (Å²) in [6.07, 6.45) is 10.5. The van der Waals surface area contributed by atoms with Crippen LogP contribution >= 0.6 is 8.53 Å². The number of rotatable bonds is 4. The van der Waals surface area contributed by atoms with Gasteiger partial charge in [-0.3, -0.25) is 0 Å². The quantitative estimate of drug-likeness (QED) is 0.298. The molecule has 0 spiro atoms. The molecule has 4 unspecified atom stereocenters. The molecule has 3 aliphatic carbocycles. The van der Waals surface area contributed by atoms with Gasteiger partial charge in [-0.1, -0.05) is 91.0 Å². The van der Waals surface area contributed by atoms with E-state index in [0.717, 1.165) is 17.9 Å². The molecule has 3 aromatic carbocycles. The van der Waals surface area contributed by atoms with E-state index in [9.17, 15) is 0 Å². The Balaban J connectivity index is 1.36. The van der Waals surface area contributed by atoms with Crippen LogP contribution in [0.2, 0.25) is 0 Å². The van der Waals surface area contributed by atoms with Gasteiger partial charge in [-0.05, 0) is 53.5 Å². The number of allylic oxidation sites excluding steroid dienone is 2. The molecule has 1 fully saturated rings. The summed E-state index contributed by atoms with van der Waals surface area (Å²) in [6, 6.07) is 28.2. The highest BCUT2D eigenvalue weighted by Gasteiger charge is 2.60. The Morgan fingerprint density at radius 3 is 1.91 bits per heavy atom. The fourth-order valence-electron chi connectivity index (χ4n) is 6.12. The van der Waals surface area contributed by atoms with Crippen LogP contribution < -0.4 is 9.05 Å². The van der Waals surface area contributed by atoms with Gasteiger partial charge < -0.3 is 9.05 Å². The molecule has 6 atom stereocenters. The molecule has 1 saturated carbocycles. The highest BCUT2D eigenvalue weighted by molar-refractivity contribution is 7.45. The molecule has 1 aliphatic heterocycles. The number of fused-ring (bicyclic) bond motifs is 4. The first-order valence-electron chi connectivity index (χ1n) is 12.3. The van der Waals surface area contributed by atoms with Crippen molar-refractivity contribution in [3.63, 3.8) is 0 Å². The molecule has 1 heterocycles. The summed E-state index contributed by atoms with van der Waals surface area (Å²) in [4.78, 5) is 0. The molecule has 0 aromatic heterocycles. The van der Waals surface area contributed by atoms with E-state index in [4.69, 9.17) is 9.05 Å². The van der Waals surface area contributed by atoms with Gasteiger partial charge in [0.2, 0.25) is 0 Å². The van der Waals surface area contributed by atoms with Crippen molar-refractivity contribution in [2.45, 2.75) is 25.4 Å². The van der Waals surface area contributed by atoms with E-state index < -0.39 is 8.53 Å². The Bertz CT molecular complexity index is 1200. The lowest BCUT2D eigenvalue weighted by molar-refractivity contribution is 0.178. The monoisotopic (exact) mass is 465 g/mol. The molecule has 0 amide bonds. The number of hydrogen-bond acceptors (Lipinski definition) is 3. The van der Waals surface area contributed by atoms with Crippen molar-refractivity contribution >= 4 is 8.53 Å². The number of nitrogens with zero attached hydrogens (tertiary/aromatic N) is 1. The van der Waals surface area contributed by atoms with E-state index in [1.807, 2.05) is 0 Å². The Morgan fingerprint density at radius 1 is 0.735 bits per heavy atom. The predicted octanol–water partition coefficient (Wildman–Crippen LogP) is 7.33. The van der Waals surface area contributed by atoms with Gasteiger partial charge >= 0.3 is 8.53 Å². The normalized spacial score (nSPS) is 29.2. The van der Waals surface area contributed by atoms with Gasteiger partial charge in [0.1, 0.15) is 11.5 Å². The maximum absolute atomic E-state index is 6.85. The first kappa shape index (κ1) is 20.5. The van der Waals surface area contributed by atoms with Crippen LogP contribution in [0.15, 0.2) is 103 Å². The molecule has 4 heteroatoms. The molecule has 4 aliphatic rings. The Labute approximate surface area is 202 Å². The zero-order valence-electron chi connectivity index (χ0n) is 19.2. The molecular formula is C30H28NO2P. The Kier molecular flexibility index (Phi) is 4.89. The molecule has 0 saturated heterocycles. The van der Waals surface area contributed by atoms with Crippen molar-refractivity contribution in [3.05, 3.63) is 120 Å². The van der Waals surface area contributed by atoms with Crippen LogP contribution in [0.25, 0.3) is 0 Å². The second-order valence-electron chi connectivity index (χ2n) is 9.85. The number of para-hydroxylation sites is 2. The maximum atomic E-state index is 6.85. The van der Waals surface area contributed by atoms with Gasteiger partial charge in [-0.15, -0.1) is 0 Å². The standard InChI is InChI=1S/C30H28NO2P/c1-20(21-9-3-2-4-10-21)31(30-22-15-17-25-26(18-16-22)29(25)30)34-32-27-13-7-5-11-23(27)19-24-12-6-8-14-28(24)33-34/h2-18,20,22,25-26,29-30H,19H2,1H3/t20-,22?,25+,26?,29?,30?/m0/s1. The summed E-state index contributed by atoms with van der Waals surface area (Å²) >= 11 is 0. The lowest BCUT2D eigenvalue weighted by Gasteiger charge is -2.44. The second-order valence-corrected chi connectivity index (χ2v) is 11.2. The van der Waals surface area contributed by atoms with Crippen molar-refractivity contribution < 1.29 is 9.05 Å². The molecule has 0 radical (unpaired) electrons. The topological polar surface area (TPSA) is 21.7 Å². The van der Waals surface area contributed by atoms with E-state index in [0.29, 0.717) is 29.7 Å². The molecule has 34 heavy (non-hydrogen) atoms. The lowest BCUT2D eigenvalue weighted by atomic mass is 9.86. The lowest BCUT2D eigenvalue weighted by Crippen LogP contribution is -2.43. The Morgan fingerprint density at radius 2 is 1.29 bits per heavy atom. The molecular weight excluding hydrogens is 437 g/mol. The third kappa shape index (κ3) is 3.34. The van der Waals surface area contributed by atoms with Crippen molar-refractivity contribution in [1.29, 1.82) is 0 Å². The fraction of sp³-hybridized carbons (Fsp3) is 0.267. The van der Waals surface area contributed by atoms with Gasteiger partial charge in [-0.25, -0.2) is 4.67 Å². The van der Waals surface area contributed by atoms with Crippen LogP contribution in [0.5, 0.6) is 11.5 Å². The zero-order chi connectivity index (χ0) is 22.6. The maximum Gasteiger partial charge on any atom is 0.385 e. The van der Waals surface area contributed by atoms with Gasteiger partial charge in [0.15, 0.2) is 0 Å². The average Bonchev–Trinajstić information content (AvgIpc) is 3.63. The van der Waals surface area contributed by atoms with E-state index in [2.05, 4.69) is 115 Å². The first-order chi connectivity index (χ1) is 16.8. The minimum Gasteiger partial charge on any atom is -0.427 e. The molecule has 0 N–H and O–H groups in total. The summed E-state index contributed by atoms with van der Waals surface area (Å²) in [5.41, 5.74) is 3.73. The van der Waals surface area contributed by atoms with Crippen LogP contribution in [0.4, 0.5) is 0 Å². The van der Waals surface area contributed by atoms with Crippen molar-refractivity contribution in [1.82, 2.24) is 4.67 Å². The van der Waals surface area contributed by atoms with Crippen LogP contribution in [0.1, 0.15) is 29.7 Å². The SMILES string of the molecule is C[C@@H](c1ccccc1)N(C1C2C=CC3C1[C@@H]3C=C2)P1Oc2ccccc2Cc2ccccc2O1. The number of benzene rings is 3. The summed E-state index contributed by atoms with van der Waals surface area (Å²) in [5, 5.41) is 0. The molecule has 3 nitrogen and oxygen atoms in total. The summed E-state index contributed by atoms with van der Waals surface area (Å²) < 4.78 is 16.3. The average molecular weight is 466 g/mol. The van der Waals surface area contributed by atoms with Gasteiger partial charge in [0, 0.05) is 24.4 Å². The Hall–Kier alpha value is -2.87. The van der Waals surface area contributed by atoms with Crippen molar-refractivity contribution in [2.24, 2.45) is 23.7 Å². The third-order valence-electron chi connectivity index (χ3n) is 7.94.